The van der Waals surface area contributed by atoms with Gasteiger partial charge in [0.2, 0.25) is 0 Å². The van der Waals surface area contributed by atoms with Gasteiger partial charge < -0.3 is 18.9 Å². The van der Waals surface area contributed by atoms with E-state index < -0.39 is 13.9 Å². The van der Waals surface area contributed by atoms with Gasteiger partial charge in [-0.3, -0.25) is 13.8 Å². The van der Waals surface area contributed by atoms with Crippen LogP contribution in [0.1, 0.15) is 219 Å². The Hall–Kier alpha value is -2.32. The second kappa shape index (κ2) is 50.1. The third-order valence-corrected chi connectivity index (χ3v) is 12.5. The lowest BCUT2D eigenvalue weighted by molar-refractivity contribution is -0.870. The summed E-state index contributed by atoms with van der Waals surface area (Å²) in [5, 5.41) is 0. The molecule has 388 valence electrons. The minimum atomic E-state index is -4.30. The Kier molecular flexibility index (Phi) is 48.3. The van der Waals surface area contributed by atoms with E-state index in [0.29, 0.717) is 24.1 Å². The Morgan fingerprint density at radius 3 is 1.27 bits per heavy atom. The SMILES string of the molecule is CC/C=C\C/C=C\C/C=C\C/C=C\C/C=C\C/C=C\C/C=C\CCCCOCC(COP(=O)(O)OCC[N+](C)(C)C)OC(=O)CCCCCCCCCCCCCCCCCCCCCCC. The van der Waals surface area contributed by atoms with Crippen molar-refractivity contribution in [2.45, 2.75) is 225 Å². The molecule has 0 fully saturated rings. The van der Waals surface area contributed by atoms with Gasteiger partial charge in [-0.25, -0.2) is 4.57 Å². The number of phosphoric ester groups is 1. The van der Waals surface area contributed by atoms with E-state index in [0.717, 1.165) is 83.5 Å². The molecule has 0 aliphatic carbocycles. The summed E-state index contributed by atoms with van der Waals surface area (Å²) in [6.07, 6.45) is 67.9. The fourth-order valence-corrected chi connectivity index (χ4v) is 8.04. The summed E-state index contributed by atoms with van der Waals surface area (Å²) >= 11 is 0. The number of phosphoric acid groups is 1. The first-order valence-electron chi connectivity index (χ1n) is 27.3. The summed E-state index contributed by atoms with van der Waals surface area (Å²) in [6.45, 7) is 5.41. The molecule has 0 aliphatic heterocycles. The van der Waals surface area contributed by atoms with Crippen LogP contribution >= 0.6 is 7.82 Å². The largest absolute Gasteiger partial charge is 0.472 e. The van der Waals surface area contributed by atoms with Gasteiger partial charge in [-0.15, -0.1) is 0 Å². The van der Waals surface area contributed by atoms with Crippen LogP contribution in [0.25, 0.3) is 0 Å². The van der Waals surface area contributed by atoms with E-state index in [1.54, 1.807) is 0 Å². The van der Waals surface area contributed by atoms with Gasteiger partial charge in [-0.05, 0) is 70.6 Å². The highest BCUT2D eigenvalue weighted by atomic mass is 31.2. The Labute approximate surface area is 414 Å². The zero-order valence-electron chi connectivity index (χ0n) is 44.1. The third-order valence-electron chi connectivity index (χ3n) is 11.5. The third kappa shape index (κ3) is 54.5. The lowest BCUT2D eigenvalue weighted by atomic mass is 10.0. The topological polar surface area (TPSA) is 91.3 Å². The highest BCUT2D eigenvalue weighted by molar-refractivity contribution is 7.47. The van der Waals surface area contributed by atoms with Gasteiger partial charge >= 0.3 is 13.8 Å². The van der Waals surface area contributed by atoms with E-state index in [2.05, 4.69) is 98.9 Å². The van der Waals surface area contributed by atoms with Crippen LogP contribution in [0.4, 0.5) is 0 Å². The number of carbonyl (C=O) groups excluding carboxylic acids is 1. The number of allylic oxidation sites excluding steroid dienone is 14. The van der Waals surface area contributed by atoms with Crippen LogP contribution in [0, 0.1) is 0 Å². The highest BCUT2D eigenvalue weighted by Crippen LogP contribution is 2.43. The van der Waals surface area contributed by atoms with Crippen molar-refractivity contribution in [1.82, 2.24) is 0 Å². The lowest BCUT2D eigenvalue weighted by Crippen LogP contribution is -2.37. The maximum atomic E-state index is 12.8. The first kappa shape index (κ1) is 64.7. The minimum absolute atomic E-state index is 0.0769. The molecular weight excluding hydrogens is 854 g/mol. The van der Waals surface area contributed by atoms with Gasteiger partial charge in [-0.1, -0.05) is 227 Å². The Morgan fingerprint density at radius 2 is 0.866 bits per heavy atom. The zero-order chi connectivity index (χ0) is 49.0. The standard InChI is InChI=1S/C58H104NO7P/c1-6-8-10-12-14-16-18-20-22-24-26-28-29-30-32-34-36-38-40-42-44-46-48-50-53-63-55-57(56-65-67(61,62)64-54-52-59(3,4)5)66-58(60)51-49-47-45-43-41-39-37-35-33-31-27-25-23-21-19-17-15-13-11-9-7-2/h8,10,14,16,20,22,26,28,30,32,36,38,42,44,57H,6-7,9,11-13,15,17-19,21,23-25,27,29,31,33-35,37,39-41,43,45-56H2,1-5H3/p+1/b10-8-,16-14-,22-20-,28-26-,32-30-,38-36-,44-42-. The highest BCUT2D eigenvalue weighted by Gasteiger charge is 2.26. The summed E-state index contributed by atoms with van der Waals surface area (Å²) < 4.78 is 35.1. The van der Waals surface area contributed by atoms with Crippen molar-refractivity contribution in [1.29, 1.82) is 0 Å². The lowest BCUT2D eigenvalue weighted by Gasteiger charge is -2.24. The molecule has 0 bridgehead atoms. The van der Waals surface area contributed by atoms with Crippen LogP contribution in [0.2, 0.25) is 0 Å². The number of hydrogen-bond acceptors (Lipinski definition) is 6. The summed E-state index contributed by atoms with van der Waals surface area (Å²) in [6, 6.07) is 0. The molecule has 9 heteroatoms. The van der Waals surface area contributed by atoms with E-state index in [-0.39, 0.29) is 25.8 Å². The molecule has 8 nitrogen and oxygen atoms in total. The Balaban J connectivity index is 4.21. The van der Waals surface area contributed by atoms with Crippen molar-refractivity contribution in [2.24, 2.45) is 0 Å². The van der Waals surface area contributed by atoms with Crippen molar-refractivity contribution in [2.75, 3.05) is 54.1 Å². The number of esters is 1. The monoisotopic (exact) mass is 959 g/mol. The number of unbranched alkanes of at least 4 members (excludes halogenated alkanes) is 22. The summed E-state index contributed by atoms with van der Waals surface area (Å²) in [7, 11) is 1.63. The maximum Gasteiger partial charge on any atom is 0.472 e. The molecule has 67 heavy (non-hydrogen) atoms. The maximum absolute atomic E-state index is 12.8. The van der Waals surface area contributed by atoms with Crippen LogP contribution in [-0.2, 0) is 27.9 Å². The average molecular weight is 959 g/mol. The summed E-state index contributed by atoms with van der Waals surface area (Å²) in [4.78, 5) is 23.0. The van der Waals surface area contributed by atoms with Gasteiger partial charge in [0.25, 0.3) is 0 Å². The van der Waals surface area contributed by atoms with Crippen LogP contribution in [-0.4, -0.2) is 75.6 Å². The van der Waals surface area contributed by atoms with Gasteiger partial charge in [0.15, 0.2) is 0 Å². The summed E-state index contributed by atoms with van der Waals surface area (Å²) in [5.41, 5.74) is 0. The van der Waals surface area contributed by atoms with Crippen LogP contribution < -0.4 is 0 Å². The smallest absolute Gasteiger partial charge is 0.457 e. The summed E-state index contributed by atoms with van der Waals surface area (Å²) in [5.74, 6) is -0.328. The van der Waals surface area contributed by atoms with Gasteiger partial charge in [0, 0.05) is 13.0 Å². The fraction of sp³-hybridized carbons (Fsp3) is 0.741. The molecule has 0 rings (SSSR count). The quantitative estimate of drug-likeness (QED) is 0.0213. The van der Waals surface area contributed by atoms with E-state index in [1.165, 1.54) is 116 Å². The van der Waals surface area contributed by atoms with Crippen molar-refractivity contribution >= 4 is 13.8 Å². The van der Waals surface area contributed by atoms with E-state index >= 15 is 0 Å². The first-order valence-corrected chi connectivity index (χ1v) is 28.8. The molecule has 0 amide bonds. The number of nitrogens with zero attached hydrogens (tertiary/aromatic N) is 1. The normalized spacial score (nSPS) is 14.2. The van der Waals surface area contributed by atoms with E-state index in [1.807, 2.05) is 21.1 Å². The molecule has 0 spiro atoms. The molecular formula is C58H105NO7P+. The number of likely N-dealkylation sites (N-methyl/N-ethyl adjacent to an activating group) is 1. The first-order chi connectivity index (χ1) is 32.6. The zero-order valence-corrected chi connectivity index (χ0v) is 45.0. The predicted octanol–water partition coefficient (Wildman–Crippen LogP) is 17.2. The van der Waals surface area contributed by atoms with Gasteiger partial charge in [-0.2, -0.15) is 0 Å². The number of quaternary nitrogens is 1. The van der Waals surface area contributed by atoms with Crippen LogP contribution in [0.3, 0.4) is 0 Å². The van der Waals surface area contributed by atoms with Gasteiger partial charge in [0.05, 0.1) is 34.4 Å². The van der Waals surface area contributed by atoms with E-state index in [4.69, 9.17) is 18.5 Å². The number of hydrogen-bond donors (Lipinski definition) is 1. The molecule has 2 unspecified atom stereocenters. The predicted molar refractivity (Wildman–Crippen MR) is 288 cm³/mol. The number of carbonyl (C=O) groups is 1. The molecule has 0 saturated heterocycles. The molecule has 0 heterocycles. The molecule has 0 aromatic heterocycles. The number of ether oxygens (including phenoxy) is 2. The van der Waals surface area contributed by atoms with Crippen molar-refractivity contribution in [3.05, 3.63) is 85.1 Å². The van der Waals surface area contributed by atoms with Crippen LogP contribution in [0.5, 0.6) is 0 Å². The van der Waals surface area contributed by atoms with Crippen molar-refractivity contribution in [3.8, 4) is 0 Å². The second-order valence-corrected chi connectivity index (χ2v) is 20.7. The molecule has 0 saturated carbocycles. The molecule has 2 atom stereocenters. The van der Waals surface area contributed by atoms with Crippen molar-refractivity contribution in [3.63, 3.8) is 0 Å². The van der Waals surface area contributed by atoms with Crippen molar-refractivity contribution < 1.29 is 37.3 Å². The fourth-order valence-electron chi connectivity index (χ4n) is 7.30. The molecule has 1 N–H and O–H groups in total. The second-order valence-electron chi connectivity index (χ2n) is 19.2. The molecule has 0 aromatic carbocycles. The minimum Gasteiger partial charge on any atom is -0.457 e. The van der Waals surface area contributed by atoms with Gasteiger partial charge in [0.1, 0.15) is 19.3 Å². The van der Waals surface area contributed by atoms with Crippen LogP contribution in [0.15, 0.2) is 85.1 Å². The number of rotatable bonds is 50. The Bertz CT molecular complexity index is 1340. The molecule has 0 aliphatic rings. The van der Waals surface area contributed by atoms with E-state index in [9.17, 15) is 14.3 Å². The average Bonchev–Trinajstić information content (AvgIpc) is 3.29. The molecule has 0 aromatic rings. The Morgan fingerprint density at radius 1 is 0.478 bits per heavy atom. The molecule has 0 radical (unpaired) electrons.